The Labute approximate surface area is 156 Å². The molecule has 0 unspecified atom stereocenters. The largest absolute Gasteiger partial charge is 0.497 e. The first kappa shape index (κ1) is 17.3. The molecule has 0 bridgehead atoms. The SMILES string of the molecule is COc1ccc(-c2cn3cc(C(=O)N4CCC[C@@H]4C)nc3c(=O)n2C)cc1. The van der Waals surface area contributed by atoms with Crippen LogP contribution in [0.5, 0.6) is 5.75 Å². The fourth-order valence-corrected chi connectivity index (χ4v) is 3.64. The summed E-state index contributed by atoms with van der Waals surface area (Å²) < 4.78 is 8.39. The van der Waals surface area contributed by atoms with Crippen LogP contribution in [0.1, 0.15) is 30.3 Å². The maximum Gasteiger partial charge on any atom is 0.294 e. The Morgan fingerprint density at radius 2 is 1.96 bits per heavy atom. The zero-order valence-corrected chi connectivity index (χ0v) is 15.7. The van der Waals surface area contributed by atoms with Crippen molar-refractivity contribution in [3.8, 4) is 17.0 Å². The van der Waals surface area contributed by atoms with E-state index in [-0.39, 0.29) is 23.2 Å². The van der Waals surface area contributed by atoms with Crippen molar-refractivity contribution in [3.63, 3.8) is 0 Å². The van der Waals surface area contributed by atoms with Crippen LogP contribution >= 0.6 is 0 Å². The van der Waals surface area contributed by atoms with Gasteiger partial charge in [0.15, 0.2) is 0 Å². The van der Waals surface area contributed by atoms with Crippen molar-refractivity contribution in [1.82, 2.24) is 18.9 Å². The van der Waals surface area contributed by atoms with Crippen molar-refractivity contribution in [2.75, 3.05) is 13.7 Å². The van der Waals surface area contributed by atoms with Crippen molar-refractivity contribution in [3.05, 3.63) is 52.7 Å². The van der Waals surface area contributed by atoms with E-state index in [1.165, 1.54) is 0 Å². The van der Waals surface area contributed by atoms with Crippen LogP contribution in [0.2, 0.25) is 0 Å². The molecule has 1 amide bonds. The molecular formula is C20H22N4O3. The van der Waals surface area contributed by atoms with E-state index in [4.69, 9.17) is 4.74 Å². The van der Waals surface area contributed by atoms with E-state index in [1.807, 2.05) is 42.3 Å². The summed E-state index contributed by atoms with van der Waals surface area (Å²) in [5.41, 5.74) is 1.95. The van der Waals surface area contributed by atoms with Crippen LogP contribution in [-0.4, -0.2) is 44.5 Å². The van der Waals surface area contributed by atoms with Gasteiger partial charge in [0.25, 0.3) is 11.5 Å². The third-order valence-electron chi connectivity index (χ3n) is 5.27. The molecule has 7 nitrogen and oxygen atoms in total. The summed E-state index contributed by atoms with van der Waals surface area (Å²) in [6, 6.07) is 7.70. The maximum absolute atomic E-state index is 12.8. The summed E-state index contributed by atoms with van der Waals surface area (Å²) in [6.45, 7) is 2.78. The minimum Gasteiger partial charge on any atom is -0.497 e. The molecule has 140 valence electrons. The lowest BCUT2D eigenvalue weighted by Crippen LogP contribution is -2.33. The molecule has 0 aliphatic carbocycles. The Morgan fingerprint density at radius 1 is 1.22 bits per heavy atom. The average Bonchev–Trinajstić information content (AvgIpc) is 3.30. The van der Waals surface area contributed by atoms with Gasteiger partial charge in [-0.3, -0.25) is 14.0 Å². The number of hydrogen-bond donors (Lipinski definition) is 0. The third kappa shape index (κ3) is 2.89. The van der Waals surface area contributed by atoms with Crippen LogP contribution in [0, 0.1) is 0 Å². The highest BCUT2D eigenvalue weighted by molar-refractivity contribution is 5.93. The lowest BCUT2D eigenvalue weighted by atomic mass is 10.1. The van der Waals surface area contributed by atoms with Crippen molar-refractivity contribution in [2.24, 2.45) is 7.05 Å². The highest BCUT2D eigenvalue weighted by atomic mass is 16.5. The van der Waals surface area contributed by atoms with E-state index >= 15 is 0 Å². The van der Waals surface area contributed by atoms with Crippen molar-refractivity contribution >= 4 is 11.6 Å². The van der Waals surface area contributed by atoms with E-state index in [0.717, 1.165) is 36.4 Å². The Kier molecular flexibility index (Phi) is 4.22. The number of rotatable bonds is 3. The summed E-state index contributed by atoms with van der Waals surface area (Å²) in [5.74, 6) is 0.636. The highest BCUT2D eigenvalue weighted by Gasteiger charge is 2.28. The van der Waals surface area contributed by atoms with Gasteiger partial charge in [-0.05, 0) is 44.0 Å². The number of nitrogens with zero attached hydrogens (tertiary/aromatic N) is 4. The summed E-state index contributed by atoms with van der Waals surface area (Å²) in [5, 5.41) is 0. The van der Waals surface area contributed by atoms with Crippen LogP contribution in [0.3, 0.4) is 0 Å². The van der Waals surface area contributed by atoms with Gasteiger partial charge in [-0.1, -0.05) is 0 Å². The van der Waals surface area contributed by atoms with Crippen molar-refractivity contribution in [2.45, 2.75) is 25.8 Å². The maximum atomic E-state index is 12.8. The molecule has 3 heterocycles. The molecule has 3 aromatic rings. The summed E-state index contributed by atoms with van der Waals surface area (Å²) in [6.07, 6.45) is 5.49. The number of imidazole rings is 1. The number of likely N-dealkylation sites (tertiary alicyclic amines) is 1. The van der Waals surface area contributed by atoms with Crippen molar-refractivity contribution < 1.29 is 9.53 Å². The van der Waals surface area contributed by atoms with Gasteiger partial charge in [0.05, 0.1) is 12.8 Å². The summed E-state index contributed by atoms with van der Waals surface area (Å²) >= 11 is 0. The van der Waals surface area contributed by atoms with E-state index in [9.17, 15) is 9.59 Å². The van der Waals surface area contributed by atoms with Crippen molar-refractivity contribution in [1.29, 1.82) is 0 Å². The molecule has 0 spiro atoms. The Morgan fingerprint density at radius 3 is 2.59 bits per heavy atom. The van der Waals surface area contributed by atoms with Gasteiger partial charge in [0, 0.05) is 37.6 Å². The quantitative estimate of drug-likeness (QED) is 0.713. The second-order valence-electron chi connectivity index (χ2n) is 6.95. The second-order valence-corrected chi connectivity index (χ2v) is 6.95. The number of fused-ring (bicyclic) bond motifs is 1. The predicted molar refractivity (Wildman–Crippen MR) is 102 cm³/mol. The molecule has 1 aromatic carbocycles. The standard InChI is InChI=1S/C20H22N4O3/c1-13-5-4-10-24(13)19(25)16-11-23-12-17(22(2)20(26)18(23)21-16)14-6-8-15(27-3)9-7-14/h6-9,11-13H,4-5,10H2,1-3H3/t13-/m0/s1. The minimum absolute atomic E-state index is 0.114. The number of carbonyl (C=O) groups is 1. The molecule has 2 aromatic heterocycles. The molecule has 0 saturated carbocycles. The highest BCUT2D eigenvalue weighted by Crippen LogP contribution is 2.22. The number of methoxy groups -OCH3 is 1. The average molecular weight is 366 g/mol. The van der Waals surface area contributed by atoms with E-state index in [0.29, 0.717) is 5.69 Å². The van der Waals surface area contributed by atoms with E-state index in [1.54, 1.807) is 29.3 Å². The van der Waals surface area contributed by atoms with E-state index < -0.39 is 0 Å². The fourth-order valence-electron chi connectivity index (χ4n) is 3.64. The number of carbonyl (C=O) groups excluding carboxylic acids is 1. The lowest BCUT2D eigenvalue weighted by molar-refractivity contribution is 0.0742. The van der Waals surface area contributed by atoms with Crippen LogP contribution in [0.25, 0.3) is 16.9 Å². The molecule has 1 aliphatic heterocycles. The normalized spacial score (nSPS) is 16.9. The zero-order valence-electron chi connectivity index (χ0n) is 15.7. The van der Waals surface area contributed by atoms with Gasteiger partial charge >= 0.3 is 0 Å². The first-order chi connectivity index (χ1) is 13.0. The second kappa shape index (κ2) is 6.57. The molecule has 4 rings (SSSR count). The van der Waals surface area contributed by atoms with Crippen LogP contribution in [0.15, 0.2) is 41.5 Å². The lowest BCUT2D eigenvalue weighted by Gasteiger charge is -2.19. The van der Waals surface area contributed by atoms with Gasteiger partial charge in [0.1, 0.15) is 11.4 Å². The molecule has 0 radical (unpaired) electrons. The van der Waals surface area contributed by atoms with Gasteiger partial charge in [-0.2, -0.15) is 0 Å². The molecule has 1 fully saturated rings. The van der Waals surface area contributed by atoms with Crippen LogP contribution in [0.4, 0.5) is 0 Å². The zero-order chi connectivity index (χ0) is 19.1. The Balaban J connectivity index is 1.78. The molecule has 7 heteroatoms. The molecule has 1 saturated heterocycles. The number of aromatic nitrogens is 3. The summed E-state index contributed by atoms with van der Waals surface area (Å²) in [4.78, 5) is 31.7. The Bertz CT molecular complexity index is 1070. The van der Waals surface area contributed by atoms with Crippen LogP contribution < -0.4 is 10.3 Å². The van der Waals surface area contributed by atoms with E-state index in [2.05, 4.69) is 4.98 Å². The first-order valence-electron chi connectivity index (χ1n) is 9.03. The molecule has 1 atom stereocenters. The Hall–Kier alpha value is -3.09. The summed E-state index contributed by atoms with van der Waals surface area (Å²) in [7, 11) is 3.32. The van der Waals surface area contributed by atoms with Gasteiger partial charge in [-0.25, -0.2) is 4.98 Å². The van der Waals surface area contributed by atoms with Gasteiger partial charge in [0.2, 0.25) is 5.65 Å². The first-order valence-corrected chi connectivity index (χ1v) is 9.03. The van der Waals surface area contributed by atoms with Crippen LogP contribution in [-0.2, 0) is 7.05 Å². The van der Waals surface area contributed by atoms with Gasteiger partial charge < -0.3 is 14.2 Å². The molecular weight excluding hydrogens is 344 g/mol. The third-order valence-corrected chi connectivity index (χ3v) is 5.27. The molecule has 1 aliphatic rings. The number of amides is 1. The minimum atomic E-state index is -0.239. The topological polar surface area (TPSA) is 68.8 Å². The fraction of sp³-hybridized carbons (Fsp3) is 0.350. The number of hydrogen-bond acceptors (Lipinski definition) is 4. The molecule has 0 N–H and O–H groups in total. The van der Waals surface area contributed by atoms with Gasteiger partial charge in [-0.15, -0.1) is 0 Å². The monoisotopic (exact) mass is 366 g/mol. The number of benzene rings is 1. The molecule has 27 heavy (non-hydrogen) atoms. The smallest absolute Gasteiger partial charge is 0.294 e. The predicted octanol–water partition coefficient (Wildman–Crippen LogP) is 2.33. The number of ether oxygens (including phenoxy) is 1.